The molecule has 8 aromatic rings. The first-order chi connectivity index (χ1) is 34.0. The van der Waals surface area contributed by atoms with Gasteiger partial charge in [0.2, 0.25) is 0 Å². The molecule has 4 aromatic carbocycles. The van der Waals surface area contributed by atoms with Gasteiger partial charge in [0.15, 0.2) is 0 Å². The van der Waals surface area contributed by atoms with E-state index in [-0.39, 0.29) is 0 Å². The van der Waals surface area contributed by atoms with E-state index in [9.17, 15) is 0 Å². The van der Waals surface area contributed by atoms with E-state index in [1.807, 2.05) is 45.3 Å². The molecule has 0 aliphatic heterocycles. The second-order valence-corrected chi connectivity index (χ2v) is 24.0. The van der Waals surface area contributed by atoms with Crippen LogP contribution in [0.5, 0.6) is 0 Å². The van der Waals surface area contributed by atoms with Gasteiger partial charge in [0, 0.05) is 19.5 Å². The maximum Gasteiger partial charge on any atom is 0.0726 e. The quantitative estimate of drug-likeness (QED) is 0.0529. The van der Waals surface area contributed by atoms with Crippen molar-refractivity contribution in [2.75, 3.05) is 0 Å². The number of benzene rings is 4. The Labute approximate surface area is 431 Å². The van der Waals surface area contributed by atoms with Crippen LogP contribution in [-0.2, 0) is 31.1 Å². The Bertz CT molecular complexity index is 2570. The van der Waals surface area contributed by atoms with E-state index in [0.717, 1.165) is 0 Å². The minimum Gasteiger partial charge on any atom is -0.144 e. The van der Waals surface area contributed by atoms with Crippen molar-refractivity contribution in [3.05, 3.63) is 163 Å². The zero-order valence-corrected chi connectivity index (χ0v) is 45.1. The van der Waals surface area contributed by atoms with Gasteiger partial charge in [-0.2, -0.15) is 0 Å². The smallest absolute Gasteiger partial charge is 0.0726 e. The van der Waals surface area contributed by atoms with Gasteiger partial charge in [-0.3, -0.25) is 0 Å². The highest BCUT2D eigenvalue weighted by molar-refractivity contribution is 7.14. The molecule has 0 atom stereocenters. The van der Waals surface area contributed by atoms with Gasteiger partial charge in [-0.25, -0.2) is 0 Å². The van der Waals surface area contributed by atoms with Crippen molar-refractivity contribution < 1.29 is 0 Å². The molecule has 4 heterocycles. The second-order valence-electron chi connectivity index (χ2n) is 20.3. The Balaban J connectivity index is 1.14. The number of unbranched alkanes of at least 4 members (excludes halogenated alkanes) is 12. The largest absolute Gasteiger partial charge is 0.144 e. The van der Waals surface area contributed by atoms with E-state index in [2.05, 4.69) is 146 Å². The Morgan fingerprint density at radius 3 is 0.768 bits per heavy atom. The average Bonchev–Trinajstić information content (AvgIpc) is 4.26. The first kappa shape index (κ1) is 48.3. The van der Waals surface area contributed by atoms with E-state index in [1.165, 1.54) is 237 Å². The standard InChI is InChI=1S/C65H72S4/c1-5-9-13-17-21-45-33-61(66-41-45)49-25-29-53-54-30-26-50(62-34-46(42-67-62)22-18-14-10-6-2)38-58(54)65(57(53)37-49)59-39-51(63-35-47(43-68-63)23-19-15-11-7-3)27-31-55(59)56-32-28-52(40-60(56)65)64-36-48(44-69-64)24-20-16-12-8-4/h25-44H,5-24H2,1-4H3. The predicted molar refractivity (Wildman–Crippen MR) is 307 cm³/mol. The number of fused-ring (bicyclic) bond motifs is 10. The monoisotopic (exact) mass is 980 g/mol. The Morgan fingerprint density at radius 1 is 0.290 bits per heavy atom. The molecule has 2 aliphatic rings. The summed E-state index contributed by atoms with van der Waals surface area (Å²) in [7, 11) is 0. The van der Waals surface area contributed by atoms with Crippen molar-refractivity contribution in [1.29, 1.82) is 0 Å². The molecular weight excluding hydrogens is 909 g/mol. The zero-order valence-electron chi connectivity index (χ0n) is 41.8. The molecule has 69 heavy (non-hydrogen) atoms. The van der Waals surface area contributed by atoms with Crippen LogP contribution >= 0.6 is 45.3 Å². The Morgan fingerprint density at radius 2 is 0.536 bits per heavy atom. The molecule has 0 radical (unpaired) electrons. The molecule has 1 spiro atoms. The third-order valence-electron chi connectivity index (χ3n) is 15.3. The van der Waals surface area contributed by atoms with Crippen LogP contribution in [-0.4, -0.2) is 0 Å². The summed E-state index contributed by atoms with van der Waals surface area (Å²) in [5.74, 6) is 0. The molecule has 0 nitrogen and oxygen atoms in total. The molecular formula is C65H72S4. The lowest BCUT2D eigenvalue weighted by molar-refractivity contribution is 0.667. The van der Waals surface area contributed by atoms with Gasteiger partial charge in [0.1, 0.15) is 0 Å². The molecule has 0 saturated carbocycles. The number of aryl methyl sites for hydroxylation is 4. The summed E-state index contributed by atoms with van der Waals surface area (Å²) in [4.78, 5) is 5.54. The van der Waals surface area contributed by atoms with E-state index in [1.54, 1.807) is 0 Å². The lowest BCUT2D eigenvalue weighted by atomic mass is 9.69. The highest BCUT2D eigenvalue weighted by atomic mass is 32.1. The van der Waals surface area contributed by atoms with Gasteiger partial charge >= 0.3 is 0 Å². The lowest BCUT2D eigenvalue weighted by Gasteiger charge is -2.31. The highest BCUT2D eigenvalue weighted by Gasteiger charge is 2.52. The zero-order chi connectivity index (χ0) is 47.2. The van der Waals surface area contributed by atoms with Gasteiger partial charge < -0.3 is 0 Å². The molecule has 10 rings (SSSR count). The normalized spacial score (nSPS) is 13.0. The van der Waals surface area contributed by atoms with E-state index < -0.39 is 5.41 Å². The van der Waals surface area contributed by atoms with Crippen molar-refractivity contribution >= 4 is 45.3 Å². The van der Waals surface area contributed by atoms with Gasteiger partial charge in [-0.05, 0) is 210 Å². The third kappa shape index (κ3) is 10.00. The van der Waals surface area contributed by atoms with Gasteiger partial charge in [-0.15, -0.1) is 45.3 Å². The summed E-state index contributed by atoms with van der Waals surface area (Å²) in [6.45, 7) is 9.23. The summed E-state index contributed by atoms with van der Waals surface area (Å²) in [5.41, 5.74) is 22.1. The third-order valence-corrected chi connectivity index (χ3v) is 19.4. The van der Waals surface area contributed by atoms with E-state index in [4.69, 9.17) is 0 Å². The molecule has 0 amide bonds. The van der Waals surface area contributed by atoms with Crippen LogP contribution in [0.1, 0.15) is 175 Å². The van der Waals surface area contributed by atoms with Crippen LogP contribution < -0.4 is 0 Å². The summed E-state index contributed by atoms with van der Waals surface area (Å²) >= 11 is 7.73. The maximum absolute atomic E-state index is 2.62. The van der Waals surface area contributed by atoms with Gasteiger partial charge in [0.05, 0.1) is 5.41 Å². The SMILES string of the molecule is CCCCCCc1csc(-c2ccc3c(c2)C2(c4cc(-c5cc(CCCCCC)cs5)ccc4-3)c3cc(-c4cc(CCCCCC)cs4)ccc3-c3ccc(-c4cc(CCCCCC)cs4)cc32)c1. The maximum atomic E-state index is 2.62. The van der Waals surface area contributed by atoms with Crippen molar-refractivity contribution in [2.45, 2.75) is 162 Å². The van der Waals surface area contributed by atoms with E-state index in [0.29, 0.717) is 0 Å². The van der Waals surface area contributed by atoms with Crippen LogP contribution in [0.15, 0.2) is 119 Å². The topological polar surface area (TPSA) is 0 Å². The van der Waals surface area contributed by atoms with Crippen molar-refractivity contribution in [3.63, 3.8) is 0 Å². The fourth-order valence-corrected chi connectivity index (χ4v) is 15.3. The molecule has 2 aliphatic carbocycles. The highest BCUT2D eigenvalue weighted by Crippen LogP contribution is 2.64. The minimum atomic E-state index is -0.478. The molecule has 0 saturated heterocycles. The predicted octanol–water partition coefficient (Wildman–Crippen LogP) is 21.4. The molecule has 0 unspecified atom stereocenters. The lowest BCUT2D eigenvalue weighted by Crippen LogP contribution is -2.26. The van der Waals surface area contributed by atoms with Crippen molar-refractivity contribution in [1.82, 2.24) is 0 Å². The molecule has 0 bridgehead atoms. The average molecular weight is 982 g/mol. The summed E-state index contributed by atoms with van der Waals surface area (Å²) < 4.78 is 0. The summed E-state index contributed by atoms with van der Waals surface area (Å²) in [6, 6.07) is 40.1. The first-order valence-electron chi connectivity index (χ1n) is 26.9. The first-order valence-corrected chi connectivity index (χ1v) is 30.4. The fourth-order valence-electron chi connectivity index (χ4n) is 11.5. The minimum absolute atomic E-state index is 0.478. The van der Waals surface area contributed by atoms with Crippen LogP contribution in [0.3, 0.4) is 0 Å². The number of thiophene rings is 4. The fraction of sp³-hybridized carbons (Fsp3) is 0.385. The summed E-state index contributed by atoms with van der Waals surface area (Å²) in [5, 5.41) is 9.73. The second kappa shape index (κ2) is 22.4. The molecule has 4 aromatic heterocycles. The number of rotatable bonds is 24. The van der Waals surface area contributed by atoms with E-state index >= 15 is 0 Å². The van der Waals surface area contributed by atoms with Crippen LogP contribution in [0.25, 0.3) is 64.0 Å². The van der Waals surface area contributed by atoms with Gasteiger partial charge in [0.25, 0.3) is 0 Å². The van der Waals surface area contributed by atoms with Crippen LogP contribution in [0.4, 0.5) is 0 Å². The van der Waals surface area contributed by atoms with Crippen molar-refractivity contribution in [3.8, 4) is 64.0 Å². The molecule has 356 valence electrons. The van der Waals surface area contributed by atoms with Gasteiger partial charge in [-0.1, -0.05) is 153 Å². The van der Waals surface area contributed by atoms with Crippen LogP contribution in [0, 0.1) is 0 Å². The molecule has 0 N–H and O–H groups in total. The van der Waals surface area contributed by atoms with Crippen LogP contribution in [0.2, 0.25) is 0 Å². The Kier molecular flexibility index (Phi) is 15.7. The summed E-state index contributed by atoms with van der Waals surface area (Å²) in [6.07, 6.45) is 25.4. The number of hydrogen-bond donors (Lipinski definition) is 0. The Hall–Kier alpha value is -4.32. The molecule has 4 heteroatoms. The van der Waals surface area contributed by atoms with Crippen molar-refractivity contribution in [2.24, 2.45) is 0 Å². The number of hydrogen-bond acceptors (Lipinski definition) is 4. The molecule has 0 fully saturated rings.